The Bertz CT molecular complexity index is 986. The lowest BCUT2D eigenvalue weighted by Crippen LogP contribution is -2.62. The molecule has 10 heteroatoms. The number of rotatable bonds is 5. The molecule has 1 fully saturated rings. The summed E-state index contributed by atoms with van der Waals surface area (Å²) in [5.74, 6) is 0. The third-order valence-corrected chi connectivity index (χ3v) is 4.84. The van der Waals surface area contributed by atoms with E-state index in [1.54, 1.807) is 31.5 Å². The highest BCUT2D eigenvalue weighted by Gasteiger charge is 2.49. The van der Waals surface area contributed by atoms with Gasteiger partial charge in [-0.25, -0.2) is 4.79 Å². The standard InChI is InChI=1S/C18H25N3O6S/c1-17(2,3)27-16(22)20-11-18(23,12-20)15-13-7-5-6-8-14(13)19-21(15)9-10-26-28(4,24)25/h5-8,23H,9-12H2,1-4H3. The summed E-state index contributed by atoms with van der Waals surface area (Å²) in [6.07, 6.45) is 0.485. The molecule has 0 unspecified atom stereocenters. The first-order chi connectivity index (χ1) is 12.9. The number of likely N-dealkylation sites (tertiary alicyclic amines) is 1. The summed E-state index contributed by atoms with van der Waals surface area (Å²) in [4.78, 5) is 13.6. The zero-order valence-electron chi connectivity index (χ0n) is 16.4. The first-order valence-electron chi connectivity index (χ1n) is 8.89. The van der Waals surface area contributed by atoms with E-state index in [0.717, 1.165) is 11.6 Å². The van der Waals surface area contributed by atoms with Crippen molar-refractivity contribution in [3.05, 3.63) is 30.0 Å². The molecule has 0 saturated carbocycles. The quantitative estimate of drug-likeness (QED) is 0.741. The van der Waals surface area contributed by atoms with Crippen LogP contribution in [0.2, 0.25) is 0 Å². The zero-order chi connectivity index (χ0) is 20.7. The van der Waals surface area contributed by atoms with Crippen molar-refractivity contribution < 1.29 is 27.2 Å². The molecule has 154 valence electrons. The van der Waals surface area contributed by atoms with Crippen LogP contribution < -0.4 is 0 Å². The van der Waals surface area contributed by atoms with Crippen LogP contribution in [0.1, 0.15) is 26.5 Å². The van der Waals surface area contributed by atoms with E-state index in [0.29, 0.717) is 11.2 Å². The Hall–Kier alpha value is -2.17. The summed E-state index contributed by atoms with van der Waals surface area (Å²) in [5, 5.41) is 16.4. The molecule has 1 amide bonds. The van der Waals surface area contributed by atoms with Crippen LogP contribution in [0, 0.1) is 0 Å². The van der Waals surface area contributed by atoms with Crippen molar-refractivity contribution in [3.63, 3.8) is 0 Å². The minimum atomic E-state index is -3.57. The largest absolute Gasteiger partial charge is 0.444 e. The number of benzene rings is 1. The minimum absolute atomic E-state index is 0.0601. The van der Waals surface area contributed by atoms with Crippen molar-refractivity contribution >= 4 is 27.1 Å². The highest BCUT2D eigenvalue weighted by molar-refractivity contribution is 7.85. The molecule has 28 heavy (non-hydrogen) atoms. The molecule has 1 N–H and O–H groups in total. The highest BCUT2D eigenvalue weighted by Crippen LogP contribution is 2.37. The Balaban J connectivity index is 1.83. The smallest absolute Gasteiger partial charge is 0.410 e. The molecule has 9 nitrogen and oxygen atoms in total. The van der Waals surface area contributed by atoms with Crippen molar-refractivity contribution in [1.29, 1.82) is 0 Å². The third kappa shape index (κ3) is 4.45. The number of carbonyl (C=O) groups excluding carboxylic acids is 1. The lowest BCUT2D eigenvalue weighted by atomic mass is 9.88. The van der Waals surface area contributed by atoms with Crippen molar-refractivity contribution in [1.82, 2.24) is 14.7 Å². The van der Waals surface area contributed by atoms with E-state index in [2.05, 4.69) is 5.10 Å². The first kappa shape index (κ1) is 20.6. The van der Waals surface area contributed by atoms with Gasteiger partial charge in [0.15, 0.2) is 0 Å². The van der Waals surface area contributed by atoms with Crippen molar-refractivity contribution in [2.75, 3.05) is 26.0 Å². The monoisotopic (exact) mass is 411 g/mol. The molecular formula is C18H25N3O6S. The maximum atomic E-state index is 12.2. The number of hydrogen-bond acceptors (Lipinski definition) is 7. The van der Waals surface area contributed by atoms with E-state index in [1.165, 1.54) is 4.90 Å². The van der Waals surface area contributed by atoms with Gasteiger partial charge >= 0.3 is 6.09 Å². The van der Waals surface area contributed by atoms with E-state index >= 15 is 0 Å². The van der Waals surface area contributed by atoms with Gasteiger partial charge in [-0.2, -0.15) is 13.5 Å². The maximum Gasteiger partial charge on any atom is 0.410 e. The van der Waals surface area contributed by atoms with Crippen LogP contribution in [-0.4, -0.2) is 65.9 Å². The van der Waals surface area contributed by atoms with Crippen molar-refractivity contribution in [2.45, 2.75) is 38.5 Å². The van der Waals surface area contributed by atoms with Gasteiger partial charge in [0.2, 0.25) is 0 Å². The number of nitrogens with zero attached hydrogens (tertiary/aromatic N) is 3. The fourth-order valence-corrected chi connectivity index (χ4v) is 3.58. The number of carbonyl (C=O) groups is 1. The fraction of sp³-hybridized carbons (Fsp3) is 0.556. The average molecular weight is 411 g/mol. The molecule has 2 heterocycles. The predicted octanol–water partition coefficient (Wildman–Crippen LogP) is 1.45. The molecule has 0 spiro atoms. The Morgan fingerprint density at radius 1 is 1.29 bits per heavy atom. The zero-order valence-corrected chi connectivity index (χ0v) is 17.2. The van der Waals surface area contributed by atoms with Gasteiger partial charge in [0.25, 0.3) is 10.1 Å². The summed E-state index contributed by atoms with van der Waals surface area (Å²) in [7, 11) is -3.57. The number of aliphatic hydroxyl groups is 1. The van der Waals surface area contributed by atoms with Crippen molar-refractivity contribution in [2.24, 2.45) is 0 Å². The van der Waals surface area contributed by atoms with Crippen LogP contribution >= 0.6 is 0 Å². The number of aromatic nitrogens is 2. The average Bonchev–Trinajstić information content (AvgIpc) is 2.87. The van der Waals surface area contributed by atoms with Gasteiger partial charge < -0.3 is 14.7 Å². The second-order valence-corrected chi connectivity index (χ2v) is 9.63. The summed E-state index contributed by atoms with van der Waals surface area (Å²) in [5.41, 5.74) is -0.735. The molecular weight excluding hydrogens is 386 g/mol. The lowest BCUT2D eigenvalue weighted by Gasteiger charge is -2.46. The Morgan fingerprint density at radius 2 is 1.93 bits per heavy atom. The van der Waals surface area contributed by atoms with Crippen LogP contribution in [0.3, 0.4) is 0 Å². The van der Waals surface area contributed by atoms with Crippen LogP contribution in [0.25, 0.3) is 10.9 Å². The molecule has 0 radical (unpaired) electrons. The Morgan fingerprint density at radius 3 is 2.54 bits per heavy atom. The number of β-amino-alcohol motifs (C(OH)–C–C–N with tert-alkyl or cyclic N) is 1. The van der Waals surface area contributed by atoms with E-state index in [1.807, 2.05) is 18.2 Å². The van der Waals surface area contributed by atoms with Gasteiger partial charge in [0.05, 0.1) is 43.7 Å². The molecule has 1 aromatic heterocycles. The van der Waals surface area contributed by atoms with E-state index in [-0.39, 0.29) is 26.2 Å². The molecule has 2 aromatic rings. The van der Waals surface area contributed by atoms with Crippen LogP contribution in [-0.2, 0) is 31.2 Å². The van der Waals surface area contributed by atoms with Gasteiger partial charge in [-0.1, -0.05) is 18.2 Å². The summed E-state index contributed by atoms with van der Waals surface area (Å²) in [6.45, 7) is 5.50. The number of fused-ring (bicyclic) bond motifs is 1. The Kier molecular flexibility index (Phi) is 5.15. The summed E-state index contributed by atoms with van der Waals surface area (Å²) in [6, 6.07) is 7.30. The first-order valence-corrected chi connectivity index (χ1v) is 10.7. The molecule has 1 aromatic carbocycles. The summed E-state index contributed by atoms with van der Waals surface area (Å²) >= 11 is 0. The molecule has 1 aliphatic heterocycles. The second-order valence-electron chi connectivity index (χ2n) is 7.98. The minimum Gasteiger partial charge on any atom is -0.444 e. The topological polar surface area (TPSA) is 111 Å². The predicted molar refractivity (Wildman–Crippen MR) is 102 cm³/mol. The van der Waals surface area contributed by atoms with Gasteiger partial charge in [0.1, 0.15) is 11.2 Å². The molecule has 1 saturated heterocycles. The number of amides is 1. The van der Waals surface area contributed by atoms with Crippen molar-refractivity contribution in [3.8, 4) is 0 Å². The van der Waals surface area contributed by atoms with Gasteiger partial charge in [0, 0.05) is 5.39 Å². The maximum absolute atomic E-state index is 12.2. The van der Waals surface area contributed by atoms with Crippen LogP contribution in [0.4, 0.5) is 4.79 Å². The molecule has 1 aliphatic rings. The fourth-order valence-electron chi connectivity index (χ4n) is 3.20. The van der Waals surface area contributed by atoms with Crippen LogP contribution in [0.5, 0.6) is 0 Å². The molecule has 3 rings (SSSR count). The molecule has 0 bridgehead atoms. The van der Waals surface area contributed by atoms with Gasteiger partial charge in [-0.15, -0.1) is 0 Å². The lowest BCUT2D eigenvalue weighted by molar-refractivity contribution is -0.107. The van der Waals surface area contributed by atoms with Gasteiger partial charge in [-0.05, 0) is 26.8 Å². The van der Waals surface area contributed by atoms with E-state index < -0.39 is 27.4 Å². The van der Waals surface area contributed by atoms with E-state index in [9.17, 15) is 18.3 Å². The number of hydrogen-bond donors (Lipinski definition) is 1. The molecule has 0 aliphatic carbocycles. The normalized spacial score (nSPS) is 16.8. The second kappa shape index (κ2) is 7.02. The Labute approximate surface area is 164 Å². The number of ether oxygens (including phenoxy) is 1. The summed E-state index contributed by atoms with van der Waals surface area (Å²) < 4.78 is 34.1. The third-order valence-electron chi connectivity index (χ3n) is 4.24. The van der Waals surface area contributed by atoms with E-state index in [4.69, 9.17) is 8.92 Å². The molecule has 0 atom stereocenters. The van der Waals surface area contributed by atoms with Crippen LogP contribution in [0.15, 0.2) is 24.3 Å². The highest BCUT2D eigenvalue weighted by atomic mass is 32.2. The SMILES string of the molecule is CC(C)(C)OC(=O)N1CC(O)(c2c3ccccc3nn2CCOS(C)(=O)=O)C1. The van der Waals surface area contributed by atoms with Gasteiger partial charge in [-0.3, -0.25) is 8.86 Å².